The summed E-state index contributed by atoms with van der Waals surface area (Å²) in [6, 6.07) is 1.42. The Balaban J connectivity index is 2.25. The molecule has 0 aliphatic heterocycles. The monoisotopic (exact) mass is 304 g/mol. The van der Waals surface area contributed by atoms with Crippen LogP contribution < -0.4 is 5.32 Å². The van der Waals surface area contributed by atoms with Gasteiger partial charge in [-0.2, -0.15) is 0 Å². The highest BCUT2D eigenvalue weighted by atomic mass is 35.5. The van der Waals surface area contributed by atoms with Gasteiger partial charge < -0.3 is 15.0 Å². The lowest BCUT2D eigenvalue weighted by Gasteiger charge is -2.26. The van der Waals surface area contributed by atoms with Crippen molar-refractivity contribution >= 4 is 35.1 Å². The van der Waals surface area contributed by atoms with E-state index in [1.165, 1.54) is 17.6 Å². The molecule has 0 saturated heterocycles. The maximum absolute atomic E-state index is 12.2. The summed E-state index contributed by atoms with van der Waals surface area (Å²) in [5.41, 5.74) is -1.01. The molecule has 1 aliphatic carbocycles. The Morgan fingerprint density at radius 2 is 2.05 bits per heavy atom. The molecule has 1 unspecified atom stereocenters. The molecule has 0 radical (unpaired) electrons. The largest absolute Gasteiger partial charge is 0.480 e. The van der Waals surface area contributed by atoms with Crippen molar-refractivity contribution in [1.29, 1.82) is 0 Å². The molecule has 19 heavy (non-hydrogen) atoms. The molecule has 0 aromatic carbocycles. The number of nitrogens with one attached hydrogen (secondary N) is 1. The Bertz CT molecular complexity index is 551. The van der Waals surface area contributed by atoms with Crippen LogP contribution in [-0.2, 0) is 11.8 Å². The van der Waals surface area contributed by atoms with Gasteiger partial charge in [0.2, 0.25) is 0 Å². The minimum atomic E-state index is -1.25. The minimum absolute atomic E-state index is 0.0276. The summed E-state index contributed by atoms with van der Waals surface area (Å²) in [5, 5.41) is 12.4. The molecule has 2 rings (SSSR count). The highest BCUT2D eigenvalue weighted by Gasteiger charge is 2.48. The molecule has 1 aromatic heterocycles. The third-order valence-corrected chi connectivity index (χ3v) is 4.40. The van der Waals surface area contributed by atoms with Gasteiger partial charge in [0.1, 0.15) is 16.4 Å². The molecule has 0 spiro atoms. The van der Waals surface area contributed by atoms with Crippen LogP contribution in [0.25, 0.3) is 0 Å². The number of halogens is 2. The fourth-order valence-electron chi connectivity index (χ4n) is 2.05. The van der Waals surface area contributed by atoms with Gasteiger partial charge in [-0.15, -0.1) is 0 Å². The Hall–Kier alpha value is -1.20. The minimum Gasteiger partial charge on any atom is -0.480 e. The van der Waals surface area contributed by atoms with E-state index >= 15 is 0 Å². The topological polar surface area (TPSA) is 71.3 Å². The highest BCUT2D eigenvalue weighted by molar-refractivity contribution is 6.41. The van der Waals surface area contributed by atoms with Gasteiger partial charge in [-0.3, -0.25) is 4.79 Å². The van der Waals surface area contributed by atoms with E-state index in [1.807, 2.05) is 0 Å². The number of carbonyl (C=O) groups excluding carboxylic acids is 1. The third-order valence-electron chi connectivity index (χ3n) is 3.56. The van der Waals surface area contributed by atoms with Gasteiger partial charge in [0.15, 0.2) is 0 Å². The van der Waals surface area contributed by atoms with Gasteiger partial charge in [0.25, 0.3) is 5.91 Å². The second kappa shape index (κ2) is 4.72. The first-order chi connectivity index (χ1) is 8.77. The van der Waals surface area contributed by atoms with Crippen LogP contribution in [0.1, 0.15) is 30.3 Å². The zero-order valence-corrected chi connectivity index (χ0v) is 12.0. The van der Waals surface area contributed by atoms with Gasteiger partial charge in [0, 0.05) is 7.05 Å². The zero-order valence-electron chi connectivity index (χ0n) is 10.5. The van der Waals surface area contributed by atoms with Crippen molar-refractivity contribution in [1.82, 2.24) is 9.88 Å². The first-order valence-electron chi connectivity index (χ1n) is 5.84. The van der Waals surface area contributed by atoms with Crippen molar-refractivity contribution < 1.29 is 14.7 Å². The lowest BCUT2D eigenvalue weighted by molar-refractivity contribution is -0.144. The van der Waals surface area contributed by atoms with E-state index in [0.29, 0.717) is 0 Å². The normalized spacial score (nSPS) is 17.9. The number of amides is 1. The number of aromatic nitrogens is 1. The van der Waals surface area contributed by atoms with Crippen LogP contribution in [0.2, 0.25) is 10.2 Å². The third kappa shape index (κ3) is 2.44. The molecule has 1 saturated carbocycles. The van der Waals surface area contributed by atoms with E-state index in [-0.39, 0.29) is 21.8 Å². The molecule has 1 fully saturated rings. The maximum Gasteiger partial charge on any atom is 0.329 e. The van der Waals surface area contributed by atoms with Gasteiger partial charge in [0.05, 0.1) is 5.02 Å². The molecule has 1 heterocycles. The molecule has 2 N–H and O–H groups in total. The van der Waals surface area contributed by atoms with E-state index in [1.54, 1.807) is 7.05 Å². The molecule has 1 amide bonds. The zero-order chi connectivity index (χ0) is 14.4. The van der Waals surface area contributed by atoms with Crippen molar-refractivity contribution in [2.24, 2.45) is 13.0 Å². The second-order valence-corrected chi connectivity index (χ2v) is 5.73. The molecular formula is C12H14Cl2N2O3. The molecule has 1 aliphatic rings. The van der Waals surface area contributed by atoms with Gasteiger partial charge >= 0.3 is 5.97 Å². The maximum atomic E-state index is 12.2. The number of carboxylic acid groups (broad SMARTS) is 1. The molecule has 1 atom stereocenters. The van der Waals surface area contributed by atoms with Crippen LogP contribution >= 0.6 is 23.2 Å². The molecular weight excluding hydrogens is 291 g/mol. The summed E-state index contributed by atoms with van der Waals surface area (Å²) in [4.78, 5) is 23.5. The van der Waals surface area contributed by atoms with Crippen LogP contribution in [0.5, 0.6) is 0 Å². The number of hydrogen-bond acceptors (Lipinski definition) is 2. The summed E-state index contributed by atoms with van der Waals surface area (Å²) >= 11 is 11.7. The lowest BCUT2D eigenvalue weighted by Crippen LogP contribution is -2.54. The van der Waals surface area contributed by atoms with Crippen molar-refractivity contribution in [2.75, 3.05) is 0 Å². The lowest BCUT2D eigenvalue weighted by atomic mass is 9.96. The summed E-state index contributed by atoms with van der Waals surface area (Å²) < 4.78 is 1.42. The Labute approximate surface area is 120 Å². The van der Waals surface area contributed by atoms with E-state index in [9.17, 15) is 14.7 Å². The summed E-state index contributed by atoms with van der Waals surface area (Å²) in [7, 11) is 1.60. The second-order valence-electron chi connectivity index (χ2n) is 4.96. The molecule has 7 heteroatoms. The van der Waals surface area contributed by atoms with Gasteiger partial charge in [-0.25, -0.2) is 4.79 Å². The highest BCUT2D eigenvalue weighted by Crippen LogP contribution is 2.40. The molecule has 5 nitrogen and oxygen atoms in total. The first kappa shape index (κ1) is 14.2. The number of hydrogen-bond donors (Lipinski definition) is 2. The molecule has 0 bridgehead atoms. The average Bonchev–Trinajstić information content (AvgIpc) is 3.14. The summed E-state index contributed by atoms with van der Waals surface area (Å²) in [6.07, 6.45) is 1.61. The number of rotatable bonds is 4. The Kier molecular flexibility index (Phi) is 3.53. The van der Waals surface area contributed by atoms with E-state index in [4.69, 9.17) is 23.2 Å². The summed E-state index contributed by atoms with van der Waals surface area (Å²) in [6.45, 7) is 1.52. The Morgan fingerprint density at radius 3 is 2.42 bits per heavy atom. The van der Waals surface area contributed by atoms with Crippen LogP contribution in [0.3, 0.4) is 0 Å². The van der Waals surface area contributed by atoms with Gasteiger partial charge in [-0.1, -0.05) is 23.2 Å². The van der Waals surface area contributed by atoms with E-state index in [2.05, 4.69) is 5.32 Å². The fraction of sp³-hybridized carbons (Fsp3) is 0.500. The predicted octanol–water partition coefficient (Wildman–Crippen LogP) is 2.31. The average molecular weight is 305 g/mol. The van der Waals surface area contributed by atoms with Gasteiger partial charge in [-0.05, 0) is 31.7 Å². The van der Waals surface area contributed by atoms with E-state index in [0.717, 1.165) is 12.8 Å². The molecule has 104 valence electrons. The van der Waals surface area contributed by atoms with Crippen molar-refractivity contribution in [2.45, 2.75) is 25.3 Å². The fourth-order valence-corrected chi connectivity index (χ4v) is 2.43. The summed E-state index contributed by atoms with van der Waals surface area (Å²) in [5.74, 6) is -1.55. The standard InChI is InChI=1S/C12H14Cl2N2O3/c1-12(11(18)19,6-3-4-6)15-10(17)8-5-7(13)9(14)16(8)2/h5-6H,3-4H2,1-2H3,(H,15,17)(H,18,19). The SMILES string of the molecule is Cn1c(C(=O)NC(C)(C(=O)O)C2CC2)cc(Cl)c1Cl. The quantitative estimate of drug-likeness (QED) is 0.896. The Morgan fingerprint density at radius 1 is 1.47 bits per heavy atom. The molecule has 1 aromatic rings. The van der Waals surface area contributed by atoms with Crippen LogP contribution in [0.15, 0.2) is 6.07 Å². The van der Waals surface area contributed by atoms with Crippen LogP contribution in [0.4, 0.5) is 0 Å². The number of carbonyl (C=O) groups is 2. The smallest absolute Gasteiger partial charge is 0.329 e. The predicted molar refractivity (Wildman–Crippen MR) is 71.7 cm³/mol. The number of nitrogens with zero attached hydrogens (tertiary/aromatic N) is 1. The first-order valence-corrected chi connectivity index (χ1v) is 6.59. The van der Waals surface area contributed by atoms with Crippen molar-refractivity contribution in [3.05, 3.63) is 21.9 Å². The van der Waals surface area contributed by atoms with Crippen molar-refractivity contribution in [3.8, 4) is 0 Å². The number of aliphatic carboxylic acids is 1. The van der Waals surface area contributed by atoms with Crippen LogP contribution in [0, 0.1) is 5.92 Å². The van der Waals surface area contributed by atoms with Crippen LogP contribution in [-0.4, -0.2) is 27.1 Å². The van der Waals surface area contributed by atoms with E-state index < -0.39 is 17.4 Å². The number of carboxylic acids is 1. The van der Waals surface area contributed by atoms with Crippen molar-refractivity contribution in [3.63, 3.8) is 0 Å².